The second-order valence-corrected chi connectivity index (χ2v) is 4.26. The number of fused-ring (bicyclic) bond motifs is 3. The van der Waals surface area contributed by atoms with Crippen molar-refractivity contribution in [1.82, 2.24) is 9.55 Å². The van der Waals surface area contributed by atoms with E-state index >= 15 is 0 Å². The van der Waals surface area contributed by atoms with Crippen LogP contribution in [-0.4, -0.2) is 9.55 Å². The monoisotopic (exact) mass is 198 g/mol. The highest BCUT2D eigenvalue weighted by atomic mass is 14.9. The molecule has 0 amide bonds. The van der Waals surface area contributed by atoms with Gasteiger partial charge < -0.3 is 9.55 Å². The van der Waals surface area contributed by atoms with E-state index in [2.05, 4.69) is 54.7 Å². The first-order valence-corrected chi connectivity index (χ1v) is 5.21. The largest absolute Gasteiger partial charge is 0.359 e. The topological polar surface area (TPSA) is 20.7 Å². The first-order valence-electron chi connectivity index (χ1n) is 5.21. The lowest BCUT2D eigenvalue weighted by atomic mass is 10.2. The molecule has 2 heteroatoms. The van der Waals surface area contributed by atoms with E-state index in [-0.39, 0.29) is 0 Å². The predicted octanol–water partition coefficient (Wildman–Crippen LogP) is 3.28. The zero-order valence-corrected chi connectivity index (χ0v) is 9.26. The quantitative estimate of drug-likeness (QED) is 0.572. The van der Waals surface area contributed by atoms with Crippen LogP contribution in [-0.2, 0) is 7.05 Å². The molecule has 2 heterocycles. The number of H-pyrrole nitrogens is 1. The van der Waals surface area contributed by atoms with Crippen molar-refractivity contribution < 1.29 is 0 Å². The van der Waals surface area contributed by atoms with Crippen molar-refractivity contribution in [3.05, 3.63) is 35.7 Å². The summed E-state index contributed by atoms with van der Waals surface area (Å²) in [5.74, 6) is 0. The van der Waals surface area contributed by atoms with Gasteiger partial charge in [0.15, 0.2) is 0 Å². The summed E-state index contributed by atoms with van der Waals surface area (Å²) in [5.41, 5.74) is 5.07. The number of hydrogen-bond donors (Lipinski definition) is 1. The highest BCUT2D eigenvalue weighted by Crippen LogP contribution is 2.27. The molecule has 1 N–H and O–H groups in total. The first kappa shape index (κ1) is 8.60. The van der Waals surface area contributed by atoms with E-state index < -0.39 is 0 Å². The van der Waals surface area contributed by atoms with Crippen molar-refractivity contribution in [2.75, 3.05) is 0 Å². The minimum Gasteiger partial charge on any atom is -0.359 e. The summed E-state index contributed by atoms with van der Waals surface area (Å²) < 4.78 is 2.25. The fourth-order valence-corrected chi connectivity index (χ4v) is 2.33. The maximum absolute atomic E-state index is 3.37. The SMILES string of the molecule is Cc1cc2c(ccc3cc(C)n(C)c32)[nH]1. The number of rotatable bonds is 0. The highest BCUT2D eigenvalue weighted by molar-refractivity contribution is 6.05. The molecule has 2 aromatic heterocycles. The van der Waals surface area contributed by atoms with Crippen LogP contribution in [0, 0.1) is 13.8 Å². The molecule has 0 bridgehead atoms. The van der Waals surface area contributed by atoms with E-state index in [0.717, 1.165) is 0 Å². The van der Waals surface area contributed by atoms with Crippen molar-refractivity contribution in [1.29, 1.82) is 0 Å². The Morgan fingerprint density at radius 3 is 2.73 bits per heavy atom. The molecule has 2 nitrogen and oxygen atoms in total. The number of aromatic nitrogens is 2. The van der Waals surface area contributed by atoms with Crippen LogP contribution in [0.15, 0.2) is 24.3 Å². The molecular formula is C13H14N2. The molecule has 15 heavy (non-hydrogen) atoms. The minimum absolute atomic E-state index is 1.22. The Morgan fingerprint density at radius 1 is 1.13 bits per heavy atom. The van der Waals surface area contributed by atoms with Gasteiger partial charge in [0.2, 0.25) is 0 Å². The Hall–Kier alpha value is -1.70. The fourth-order valence-electron chi connectivity index (χ4n) is 2.33. The number of aromatic amines is 1. The maximum atomic E-state index is 3.37. The summed E-state index contributed by atoms with van der Waals surface area (Å²) in [5, 5.41) is 2.64. The Bertz CT molecular complexity index is 656. The Morgan fingerprint density at radius 2 is 1.93 bits per heavy atom. The molecule has 0 aliphatic heterocycles. The Labute approximate surface area is 88.5 Å². The predicted molar refractivity (Wildman–Crippen MR) is 64.2 cm³/mol. The van der Waals surface area contributed by atoms with Crippen molar-refractivity contribution in [2.45, 2.75) is 13.8 Å². The van der Waals surface area contributed by atoms with Crippen LogP contribution in [0.5, 0.6) is 0 Å². The van der Waals surface area contributed by atoms with Gasteiger partial charge in [-0.25, -0.2) is 0 Å². The zero-order chi connectivity index (χ0) is 10.6. The lowest BCUT2D eigenvalue weighted by Crippen LogP contribution is -1.89. The van der Waals surface area contributed by atoms with Gasteiger partial charge in [-0.1, -0.05) is 6.07 Å². The molecule has 0 saturated heterocycles. The lowest BCUT2D eigenvalue weighted by molar-refractivity contribution is 0.921. The molecule has 0 saturated carbocycles. The molecule has 0 radical (unpaired) electrons. The van der Waals surface area contributed by atoms with E-state index in [1.54, 1.807) is 0 Å². The van der Waals surface area contributed by atoms with Crippen molar-refractivity contribution in [2.24, 2.45) is 7.05 Å². The summed E-state index contributed by atoms with van der Waals surface area (Å²) in [7, 11) is 2.12. The van der Waals surface area contributed by atoms with Crippen molar-refractivity contribution in [3.8, 4) is 0 Å². The molecule has 3 aromatic rings. The van der Waals surface area contributed by atoms with Gasteiger partial charge in [-0.3, -0.25) is 0 Å². The van der Waals surface area contributed by atoms with Gasteiger partial charge in [0.1, 0.15) is 0 Å². The number of benzene rings is 1. The molecule has 3 rings (SSSR count). The molecular weight excluding hydrogens is 184 g/mol. The Balaban J connectivity index is 2.62. The molecule has 0 spiro atoms. The first-order chi connectivity index (χ1) is 7.16. The second kappa shape index (κ2) is 2.66. The van der Waals surface area contributed by atoms with Crippen molar-refractivity contribution in [3.63, 3.8) is 0 Å². The van der Waals surface area contributed by atoms with Crippen LogP contribution in [0.2, 0.25) is 0 Å². The van der Waals surface area contributed by atoms with Crippen molar-refractivity contribution >= 4 is 21.8 Å². The fraction of sp³-hybridized carbons (Fsp3) is 0.231. The van der Waals surface area contributed by atoms with Crippen LogP contribution in [0.4, 0.5) is 0 Å². The average molecular weight is 198 g/mol. The normalized spacial score (nSPS) is 11.7. The third kappa shape index (κ3) is 1.05. The summed E-state index contributed by atoms with van der Waals surface area (Å²) in [6.45, 7) is 4.24. The third-order valence-electron chi connectivity index (χ3n) is 3.17. The zero-order valence-electron chi connectivity index (χ0n) is 9.26. The number of hydrogen-bond acceptors (Lipinski definition) is 0. The second-order valence-electron chi connectivity index (χ2n) is 4.26. The van der Waals surface area contributed by atoms with E-state index in [1.807, 2.05) is 0 Å². The summed E-state index contributed by atoms with van der Waals surface area (Å²) >= 11 is 0. The summed E-state index contributed by atoms with van der Waals surface area (Å²) in [6.07, 6.45) is 0. The summed E-state index contributed by atoms with van der Waals surface area (Å²) in [4.78, 5) is 3.37. The smallest absolute Gasteiger partial charge is 0.0575 e. The van der Waals surface area contributed by atoms with Gasteiger partial charge in [-0.05, 0) is 32.0 Å². The van der Waals surface area contributed by atoms with Crippen LogP contribution < -0.4 is 0 Å². The minimum atomic E-state index is 1.22. The standard InChI is InChI=1S/C13H14N2/c1-8-6-11-12(14-8)5-4-10-7-9(2)15(3)13(10)11/h4-7,14H,1-3H3. The molecule has 0 fully saturated rings. The molecule has 0 aliphatic rings. The van der Waals surface area contributed by atoms with Crippen LogP contribution >= 0.6 is 0 Å². The van der Waals surface area contributed by atoms with Gasteiger partial charge in [-0.2, -0.15) is 0 Å². The van der Waals surface area contributed by atoms with E-state index in [9.17, 15) is 0 Å². The van der Waals surface area contributed by atoms with Gasteiger partial charge in [-0.15, -0.1) is 0 Å². The van der Waals surface area contributed by atoms with Gasteiger partial charge in [0, 0.05) is 34.7 Å². The van der Waals surface area contributed by atoms with Crippen LogP contribution in [0.1, 0.15) is 11.4 Å². The third-order valence-corrected chi connectivity index (χ3v) is 3.17. The number of aryl methyl sites for hydroxylation is 3. The number of nitrogens with one attached hydrogen (secondary N) is 1. The molecule has 1 aromatic carbocycles. The van der Waals surface area contributed by atoms with Crippen LogP contribution in [0.3, 0.4) is 0 Å². The lowest BCUT2D eigenvalue weighted by Gasteiger charge is -2.00. The molecule has 76 valence electrons. The average Bonchev–Trinajstić information content (AvgIpc) is 2.68. The van der Waals surface area contributed by atoms with Gasteiger partial charge in [0.05, 0.1) is 5.52 Å². The number of nitrogens with zero attached hydrogens (tertiary/aromatic N) is 1. The highest BCUT2D eigenvalue weighted by Gasteiger charge is 2.07. The Kier molecular flexibility index (Phi) is 1.52. The molecule has 0 atom stereocenters. The summed E-state index contributed by atoms with van der Waals surface area (Å²) in [6, 6.07) is 8.79. The maximum Gasteiger partial charge on any atom is 0.0575 e. The molecule has 0 aliphatic carbocycles. The van der Waals surface area contributed by atoms with E-state index in [4.69, 9.17) is 0 Å². The van der Waals surface area contributed by atoms with Gasteiger partial charge >= 0.3 is 0 Å². The molecule has 0 unspecified atom stereocenters. The van der Waals surface area contributed by atoms with E-state index in [0.29, 0.717) is 0 Å². The van der Waals surface area contributed by atoms with Crippen LogP contribution in [0.25, 0.3) is 21.8 Å². The van der Waals surface area contributed by atoms with Gasteiger partial charge in [0.25, 0.3) is 0 Å². The van der Waals surface area contributed by atoms with E-state index in [1.165, 1.54) is 33.2 Å².